The molecule has 0 saturated carbocycles. The smallest absolute Gasteiger partial charge is 0.208 e. The van der Waals surface area contributed by atoms with Gasteiger partial charge in [0, 0.05) is 14.1 Å². The van der Waals surface area contributed by atoms with Gasteiger partial charge in [-0.05, 0) is 24.3 Å². The van der Waals surface area contributed by atoms with Crippen LogP contribution in [0.2, 0.25) is 0 Å². The minimum absolute atomic E-state index is 0.319. The number of sulfone groups is 1. The SMILES string of the molecule is CN(C)c1ccccc1S(=O)(=O)c1ccccc1. The van der Waals surface area contributed by atoms with Crippen molar-refractivity contribution < 1.29 is 8.42 Å². The van der Waals surface area contributed by atoms with Crippen LogP contribution in [0.5, 0.6) is 0 Å². The summed E-state index contributed by atoms with van der Waals surface area (Å²) in [7, 11) is 0.209. The van der Waals surface area contributed by atoms with Crippen LogP contribution in [0.3, 0.4) is 0 Å². The lowest BCUT2D eigenvalue weighted by atomic mass is 10.3. The minimum atomic E-state index is -3.46. The van der Waals surface area contributed by atoms with Crippen molar-refractivity contribution in [2.24, 2.45) is 0 Å². The van der Waals surface area contributed by atoms with E-state index < -0.39 is 9.84 Å². The van der Waals surface area contributed by atoms with Crippen LogP contribution in [0, 0.1) is 0 Å². The molecule has 0 saturated heterocycles. The van der Waals surface area contributed by atoms with Crippen LogP contribution in [-0.2, 0) is 9.84 Å². The molecule has 2 rings (SSSR count). The van der Waals surface area contributed by atoms with Crippen LogP contribution in [-0.4, -0.2) is 22.5 Å². The van der Waals surface area contributed by atoms with Crippen LogP contribution in [0.25, 0.3) is 0 Å². The molecular formula is C14H15NO2S. The maximum Gasteiger partial charge on any atom is 0.208 e. The van der Waals surface area contributed by atoms with Crippen LogP contribution >= 0.6 is 0 Å². The molecule has 4 heteroatoms. The normalized spacial score (nSPS) is 11.2. The van der Waals surface area contributed by atoms with E-state index in [0.717, 1.165) is 0 Å². The highest BCUT2D eigenvalue weighted by molar-refractivity contribution is 7.91. The summed E-state index contributed by atoms with van der Waals surface area (Å²) in [5.41, 5.74) is 0.696. The molecule has 0 atom stereocenters. The van der Waals surface area contributed by atoms with Gasteiger partial charge in [0.2, 0.25) is 9.84 Å². The third kappa shape index (κ3) is 2.24. The molecule has 0 unspecified atom stereocenters. The van der Waals surface area contributed by atoms with Crippen molar-refractivity contribution in [3.05, 3.63) is 54.6 Å². The van der Waals surface area contributed by atoms with E-state index in [0.29, 0.717) is 15.5 Å². The van der Waals surface area contributed by atoms with E-state index in [4.69, 9.17) is 0 Å². The largest absolute Gasteiger partial charge is 0.377 e. The quantitative estimate of drug-likeness (QED) is 0.852. The van der Waals surface area contributed by atoms with E-state index in [1.807, 2.05) is 20.2 Å². The summed E-state index contributed by atoms with van der Waals surface area (Å²) in [6.07, 6.45) is 0. The van der Waals surface area contributed by atoms with Gasteiger partial charge in [0.05, 0.1) is 15.5 Å². The minimum Gasteiger partial charge on any atom is -0.377 e. The number of anilines is 1. The zero-order chi connectivity index (χ0) is 13.2. The fraction of sp³-hybridized carbons (Fsp3) is 0.143. The van der Waals surface area contributed by atoms with Crippen molar-refractivity contribution in [1.82, 2.24) is 0 Å². The van der Waals surface area contributed by atoms with Crippen molar-refractivity contribution in [3.8, 4) is 0 Å². The fourth-order valence-corrected chi connectivity index (χ4v) is 3.33. The molecule has 0 aromatic heterocycles. The van der Waals surface area contributed by atoms with Crippen molar-refractivity contribution >= 4 is 15.5 Å². The fourth-order valence-electron chi connectivity index (χ4n) is 1.78. The van der Waals surface area contributed by atoms with Gasteiger partial charge in [0.25, 0.3) is 0 Å². The zero-order valence-corrected chi connectivity index (χ0v) is 11.2. The van der Waals surface area contributed by atoms with Gasteiger partial charge in [-0.15, -0.1) is 0 Å². The number of para-hydroxylation sites is 1. The Labute approximate surface area is 108 Å². The predicted octanol–water partition coefficient (Wildman–Crippen LogP) is 2.59. The maximum absolute atomic E-state index is 12.5. The molecule has 2 aromatic rings. The number of hydrogen-bond acceptors (Lipinski definition) is 3. The Balaban J connectivity index is 2.63. The lowest BCUT2D eigenvalue weighted by Gasteiger charge is -2.17. The second-order valence-corrected chi connectivity index (χ2v) is 6.10. The molecule has 3 nitrogen and oxygen atoms in total. The van der Waals surface area contributed by atoms with Crippen molar-refractivity contribution in [1.29, 1.82) is 0 Å². The summed E-state index contributed by atoms with van der Waals surface area (Å²) in [5, 5.41) is 0. The number of benzene rings is 2. The topological polar surface area (TPSA) is 37.4 Å². The molecule has 18 heavy (non-hydrogen) atoms. The molecule has 0 amide bonds. The molecule has 0 radical (unpaired) electrons. The lowest BCUT2D eigenvalue weighted by molar-refractivity contribution is 0.596. The molecule has 2 aromatic carbocycles. The summed E-state index contributed by atoms with van der Waals surface area (Å²) < 4.78 is 25.1. The Bertz CT molecular complexity index is 634. The molecule has 0 aliphatic rings. The van der Waals surface area contributed by atoms with E-state index in [-0.39, 0.29) is 0 Å². The van der Waals surface area contributed by atoms with E-state index in [2.05, 4.69) is 0 Å². The average molecular weight is 261 g/mol. The standard InChI is InChI=1S/C14H15NO2S/c1-15(2)13-10-6-7-11-14(13)18(16,17)12-8-4-3-5-9-12/h3-11H,1-2H3. The van der Waals surface area contributed by atoms with Gasteiger partial charge in [-0.25, -0.2) is 8.42 Å². The van der Waals surface area contributed by atoms with Gasteiger partial charge >= 0.3 is 0 Å². The van der Waals surface area contributed by atoms with E-state index >= 15 is 0 Å². The second kappa shape index (κ2) is 4.82. The van der Waals surface area contributed by atoms with Crippen molar-refractivity contribution in [2.45, 2.75) is 9.79 Å². The first-order valence-corrected chi connectivity index (χ1v) is 7.08. The summed E-state index contributed by atoms with van der Waals surface area (Å²) in [5.74, 6) is 0. The van der Waals surface area contributed by atoms with Crippen LogP contribution in [0.1, 0.15) is 0 Å². The molecule has 0 N–H and O–H groups in total. The van der Waals surface area contributed by atoms with E-state index in [9.17, 15) is 8.42 Å². The molecule has 0 aliphatic heterocycles. The number of rotatable bonds is 3. The molecular weight excluding hydrogens is 246 g/mol. The first-order valence-electron chi connectivity index (χ1n) is 5.60. The monoisotopic (exact) mass is 261 g/mol. The van der Waals surface area contributed by atoms with Crippen LogP contribution < -0.4 is 4.90 Å². The summed E-state index contributed by atoms with van der Waals surface area (Å²) in [6.45, 7) is 0. The maximum atomic E-state index is 12.5. The predicted molar refractivity (Wildman–Crippen MR) is 72.7 cm³/mol. The van der Waals surface area contributed by atoms with E-state index in [1.165, 1.54) is 0 Å². The molecule has 94 valence electrons. The third-order valence-electron chi connectivity index (χ3n) is 2.69. The summed E-state index contributed by atoms with van der Waals surface area (Å²) >= 11 is 0. The Kier molecular flexibility index (Phi) is 3.39. The Morgan fingerprint density at radius 1 is 0.833 bits per heavy atom. The van der Waals surface area contributed by atoms with Crippen LogP contribution in [0.4, 0.5) is 5.69 Å². The average Bonchev–Trinajstić information content (AvgIpc) is 2.39. The Hall–Kier alpha value is -1.81. The second-order valence-electron chi connectivity index (χ2n) is 4.18. The van der Waals surface area contributed by atoms with Crippen LogP contribution in [0.15, 0.2) is 64.4 Å². The molecule has 0 bridgehead atoms. The van der Waals surface area contributed by atoms with E-state index in [1.54, 1.807) is 53.4 Å². The van der Waals surface area contributed by atoms with Gasteiger partial charge in [0.15, 0.2) is 0 Å². The van der Waals surface area contributed by atoms with Gasteiger partial charge < -0.3 is 4.90 Å². The molecule has 0 heterocycles. The highest BCUT2D eigenvalue weighted by atomic mass is 32.2. The molecule has 0 spiro atoms. The van der Waals surface area contributed by atoms with Crippen molar-refractivity contribution in [2.75, 3.05) is 19.0 Å². The summed E-state index contributed by atoms with van der Waals surface area (Å²) in [4.78, 5) is 2.45. The Morgan fingerprint density at radius 3 is 2.00 bits per heavy atom. The van der Waals surface area contributed by atoms with Crippen molar-refractivity contribution in [3.63, 3.8) is 0 Å². The van der Waals surface area contributed by atoms with Gasteiger partial charge in [0.1, 0.15) is 0 Å². The lowest BCUT2D eigenvalue weighted by Crippen LogP contribution is -2.14. The molecule has 0 fully saturated rings. The number of hydrogen-bond donors (Lipinski definition) is 0. The van der Waals surface area contributed by atoms with Gasteiger partial charge in [-0.3, -0.25) is 0 Å². The Morgan fingerprint density at radius 2 is 1.39 bits per heavy atom. The number of nitrogens with zero attached hydrogens (tertiary/aromatic N) is 1. The first-order chi connectivity index (χ1) is 8.53. The first kappa shape index (κ1) is 12.6. The highest BCUT2D eigenvalue weighted by Crippen LogP contribution is 2.28. The molecule has 0 aliphatic carbocycles. The zero-order valence-electron chi connectivity index (χ0n) is 10.4. The highest BCUT2D eigenvalue weighted by Gasteiger charge is 2.21. The third-order valence-corrected chi connectivity index (χ3v) is 4.51. The van der Waals surface area contributed by atoms with Gasteiger partial charge in [-0.2, -0.15) is 0 Å². The van der Waals surface area contributed by atoms with Gasteiger partial charge in [-0.1, -0.05) is 30.3 Å². The summed E-state index contributed by atoms with van der Waals surface area (Å²) in [6, 6.07) is 15.5.